The maximum absolute atomic E-state index is 13.0. The molecule has 1 rings (SSSR count). The van der Waals surface area contributed by atoms with Crippen molar-refractivity contribution in [2.24, 2.45) is 10.8 Å². The molecule has 1 saturated carbocycles. The van der Waals surface area contributed by atoms with Crippen LogP contribution in [0, 0.1) is 10.8 Å². The molecule has 0 saturated heterocycles. The maximum Gasteiger partial charge on any atom is 0.396 e. The monoisotopic (exact) mass is 252 g/mol. The zero-order valence-electron chi connectivity index (χ0n) is 10.9. The van der Waals surface area contributed by atoms with E-state index in [1.54, 1.807) is 6.92 Å². The molecule has 2 unspecified atom stereocenters. The lowest BCUT2D eigenvalue weighted by Crippen LogP contribution is -2.46. The van der Waals surface area contributed by atoms with Gasteiger partial charge in [0, 0.05) is 0 Å². The van der Waals surface area contributed by atoms with E-state index in [1.807, 2.05) is 13.8 Å². The summed E-state index contributed by atoms with van der Waals surface area (Å²) in [5.74, 6) is 0. The van der Waals surface area contributed by atoms with Crippen molar-refractivity contribution in [3.05, 3.63) is 0 Å². The molecule has 1 aliphatic carbocycles. The van der Waals surface area contributed by atoms with Gasteiger partial charge in [0.2, 0.25) is 0 Å². The summed E-state index contributed by atoms with van der Waals surface area (Å²) >= 11 is 0. The second-order valence-corrected chi connectivity index (χ2v) is 5.67. The summed E-state index contributed by atoms with van der Waals surface area (Å²) in [5.41, 5.74) is -2.42. The van der Waals surface area contributed by atoms with E-state index in [0.717, 1.165) is 12.8 Å². The van der Waals surface area contributed by atoms with Crippen molar-refractivity contribution < 1.29 is 18.3 Å². The molecule has 1 fully saturated rings. The smallest absolute Gasteiger partial charge is 0.392 e. The molecule has 1 aliphatic rings. The van der Waals surface area contributed by atoms with Crippen LogP contribution in [-0.2, 0) is 0 Å². The topological polar surface area (TPSA) is 20.2 Å². The number of aliphatic hydroxyl groups is 1. The largest absolute Gasteiger partial charge is 0.396 e. The van der Waals surface area contributed by atoms with Crippen molar-refractivity contribution >= 4 is 0 Å². The van der Waals surface area contributed by atoms with Crippen molar-refractivity contribution in [1.82, 2.24) is 0 Å². The summed E-state index contributed by atoms with van der Waals surface area (Å²) < 4.78 is 38.9. The standard InChI is InChI=1S/C13H23F3O/c1-4-6-7-11(3,5-2)10(17)12(8-9-12)13(14,15)16/h10,17H,4-9H2,1-3H3. The predicted molar refractivity (Wildman–Crippen MR) is 61.7 cm³/mol. The van der Waals surface area contributed by atoms with E-state index in [-0.39, 0.29) is 12.8 Å². The summed E-state index contributed by atoms with van der Waals surface area (Å²) in [6.07, 6.45) is -2.29. The molecule has 0 heterocycles. The van der Waals surface area contributed by atoms with Crippen LogP contribution < -0.4 is 0 Å². The minimum absolute atomic E-state index is 0.0827. The lowest BCUT2D eigenvalue weighted by atomic mass is 9.71. The second kappa shape index (κ2) is 4.79. The van der Waals surface area contributed by atoms with Crippen molar-refractivity contribution in [3.8, 4) is 0 Å². The molecule has 0 bridgehead atoms. The molecule has 102 valence electrons. The second-order valence-electron chi connectivity index (χ2n) is 5.67. The Hall–Kier alpha value is -0.250. The average Bonchev–Trinajstić information content (AvgIpc) is 3.05. The zero-order valence-corrected chi connectivity index (χ0v) is 10.9. The fourth-order valence-electron chi connectivity index (χ4n) is 2.60. The van der Waals surface area contributed by atoms with Gasteiger partial charge in [-0.25, -0.2) is 0 Å². The number of hydrogen-bond donors (Lipinski definition) is 1. The van der Waals surface area contributed by atoms with Gasteiger partial charge in [-0.3, -0.25) is 0 Å². The fraction of sp³-hybridized carbons (Fsp3) is 1.00. The highest BCUT2D eigenvalue weighted by molar-refractivity contribution is 5.08. The Morgan fingerprint density at radius 1 is 1.24 bits per heavy atom. The van der Waals surface area contributed by atoms with Gasteiger partial charge in [0.05, 0.1) is 11.5 Å². The number of alkyl halides is 3. The van der Waals surface area contributed by atoms with E-state index in [0.29, 0.717) is 12.8 Å². The summed E-state index contributed by atoms with van der Waals surface area (Å²) in [6, 6.07) is 0. The first-order valence-electron chi connectivity index (χ1n) is 6.48. The Balaban J connectivity index is 2.83. The molecule has 0 aromatic carbocycles. The van der Waals surface area contributed by atoms with Crippen LogP contribution in [0.1, 0.15) is 59.3 Å². The van der Waals surface area contributed by atoms with Gasteiger partial charge in [0.1, 0.15) is 0 Å². The van der Waals surface area contributed by atoms with Crippen molar-refractivity contribution in [3.63, 3.8) is 0 Å². The minimum Gasteiger partial charge on any atom is -0.392 e. The van der Waals surface area contributed by atoms with Gasteiger partial charge in [0.25, 0.3) is 0 Å². The lowest BCUT2D eigenvalue weighted by Gasteiger charge is -2.39. The number of unbranched alkanes of at least 4 members (excludes halogenated alkanes) is 1. The molecule has 0 aromatic heterocycles. The van der Waals surface area contributed by atoms with E-state index < -0.39 is 23.1 Å². The third kappa shape index (κ3) is 2.61. The molecule has 0 aliphatic heterocycles. The number of halogens is 3. The highest BCUT2D eigenvalue weighted by atomic mass is 19.4. The Morgan fingerprint density at radius 2 is 1.76 bits per heavy atom. The highest BCUT2D eigenvalue weighted by Gasteiger charge is 2.69. The molecular formula is C13H23F3O. The molecule has 2 atom stereocenters. The Morgan fingerprint density at radius 3 is 2.06 bits per heavy atom. The third-order valence-corrected chi connectivity index (χ3v) is 4.45. The highest BCUT2D eigenvalue weighted by Crippen LogP contribution is 2.63. The van der Waals surface area contributed by atoms with E-state index in [4.69, 9.17) is 0 Å². The summed E-state index contributed by atoms with van der Waals surface area (Å²) in [7, 11) is 0. The quantitative estimate of drug-likeness (QED) is 0.747. The van der Waals surface area contributed by atoms with Crippen LogP contribution in [0.3, 0.4) is 0 Å². The molecule has 0 spiro atoms. The van der Waals surface area contributed by atoms with Gasteiger partial charge in [0.15, 0.2) is 0 Å². The zero-order chi connectivity index (χ0) is 13.3. The minimum atomic E-state index is -4.27. The molecule has 17 heavy (non-hydrogen) atoms. The molecule has 0 amide bonds. The summed E-state index contributed by atoms with van der Waals surface area (Å²) in [5, 5.41) is 10.2. The van der Waals surface area contributed by atoms with E-state index in [2.05, 4.69) is 0 Å². The van der Waals surface area contributed by atoms with Crippen molar-refractivity contribution in [2.45, 2.75) is 71.6 Å². The Labute approximate surface area is 101 Å². The predicted octanol–water partition coefficient (Wildman–Crippen LogP) is 4.30. The Bertz CT molecular complexity index is 258. The SMILES string of the molecule is CCCCC(C)(CC)C(O)C1(C(F)(F)F)CC1. The molecule has 4 heteroatoms. The summed E-state index contributed by atoms with van der Waals surface area (Å²) in [4.78, 5) is 0. The fourth-order valence-corrected chi connectivity index (χ4v) is 2.60. The number of hydrogen-bond acceptors (Lipinski definition) is 1. The first-order valence-corrected chi connectivity index (χ1v) is 6.48. The maximum atomic E-state index is 13.0. The average molecular weight is 252 g/mol. The van der Waals surface area contributed by atoms with Gasteiger partial charge in [-0.05, 0) is 31.1 Å². The third-order valence-electron chi connectivity index (χ3n) is 4.45. The van der Waals surface area contributed by atoms with Gasteiger partial charge in [-0.1, -0.05) is 33.6 Å². The molecular weight excluding hydrogens is 229 g/mol. The first-order chi connectivity index (χ1) is 7.73. The van der Waals surface area contributed by atoms with E-state index in [1.165, 1.54) is 0 Å². The van der Waals surface area contributed by atoms with E-state index in [9.17, 15) is 18.3 Å². The van der Waals surface area contributed by atoms with Crippen LogP contribution in [0.25, 0.3) is 0 Å². The number of aliphatic hydroxyl groups excluding tert-OH is 1. The van der Waals surface area contributed by atoms with Gasteiger partial charge in [-0.15, -0.1) is 0 Å². The first kappa shape index (κ1) is 14.8. The van der Waals surface area contributed by atoms with Crippen LogP contribution in [0.15, 0.2) is 0 Å². The van der Waals surface area contributed by atoms with Gasteiger partial charge in [-0.2, -0.15) is 13.2 Å². The molecule has 0 aromatic rings. The Kier molecular flexibility index (Phi) is 4.17. The van der Waals surface area contributed by atoms with E-state index >= 15 is 0 Å². The number of rotatable bonds is 6. The van der Waals surface area contributed by atoms with Crippen LogP contribution in [0.4, 0.5) is 13.2 Å². The van der Waals surface area contributed by atoms with Crippen molar-refractivity contribution in [1.29, 1.82) is 0 Å². The summed E-state index contributed by atoms with van der Waals surface area (Å²) in [6.45, 7) is 5.67. The molecule has 0 radical (unpaired) electrons. The van der Waals surface area contributed by atoms with Crippen LogP contribution in [0.5, 0.6) is 0 Å². The van der Waals surface area contributed by atoms with Gasteiger partial charge < -0.3 is 5.11 Å². The van der Waals surface area contributed by atoms with Crippen LogP contribution in [-0.4, -0.2) is 17.4 Å². The van der Waals surface area contributed by atoms with Crippen LogP contribution in [0.2, 0.25) is 0 Å². The van der Waals surface area contributed by atoms with Crippen molar-refractivity contribution in [2.75, 3.05) is 0 Å². The van der Waals surface area contributed by atoms with Crippen LogP contribution >= 0.6 is 0 Å². The lowest BCUT2D eigenvalue weighted by molar-refractivity contribution is -0.231. The molecule has 1 N–H and O–H groups in total. The van der Waals surface area contributed by atoms with Gasteiger partial charge >= 0.3 is 6.18 Å². The molecule has 1 nitrogen and oxygen atoms in total. The normalized spacial score (nSPS) is 24.2.